The quantitative estimate of drug-likeness (QED) is 0.899. The van der Waals surface area contributed by atoms with E-state index >= 15 is 0 Å². The van der Waals surface area contributed by atoms with Gasteiger partial charge >= 0.3 is 0 Å². The Balaban J connectivity index is 2.05. The van der Waals surface area contributed by atoms with Gasteiger partial charge in [0.1, 0.15) is 6.54 Å². The highest BCUT2D eigenvalue weighted by atomic mass is 35.5. The largest absolute Gasteiger partial charge is 0.325 e. The molecule has 2 rings (SSSR count). The van der Waals surface area contributed by atoms with Crippen LogP contribution in [0.15, 0.2) is 24.4 Å². The highest BCUT2D eigenvalue weighted by Gasteiger charge is 2.10. The fourth-order valence-electron chi connectivity index (χ4n) is 1.45. The zero-order chi connectivity index (χ0) is 13.8. The summed E-state index contributed by atoms with van der Waals surface area (Å²) in [6.07, 6.45) is 1.60. The van der Waals surface area contributed by atoms with Crippen LogP contribution >= 0.6 is 23.2 Å². The first-order valence-electron chi connectivity index (χ1n) is 5.43. The van der Waals surface area contributed by atoms with Crippen LogP contribution in [0.5, 0.6) is 0 Å². The normalized spacial score (nSPS) is 10.5. The number of nitrogens with one attached hydrogen (secondary N) is 1. The first-order chi connectivity index (χ1) is 9.10. The van der Waals surface area contributed by atoms with Crippen LogP contribution in [0.4, 0.5) is 5.69 Å². The molecular formula is C11H11Cl2N5O. The minimum atomic E-state index is -0.302. The lowest BCUT2D eigenvalue weighted by Crippen LogP contribution is -2.19. The topological polar surface area (TPSA) is 85.8 Å². The van der Waals surface area contributed by atoms with E-state index in [9.17, 15) is 4.79 Å². The second-order valence-corrected chi connectivity index (χ2v) is 4.57. The summed E-state index contributed by atoms with van der Waals surface area (Å²) >= 11 is 11.9. The van der Waals surface area contributed by atoms with Crippen molar-refractivity contribution in [2.75, 3.05) is 5.32 Å². The highest BCUT2D eigenvalue weighted by Crippen LogP contribution is 2.29. The number of benzene rings is 1. The van der Waals surface area contributed by atoms with Gasteiger partial charge in [0.05, 0.1) is 27.6 Å². The van der Waals surface area contributed by atoms with Crippen LogP contribution in [0.3, 0.4) is 0 Å². The SMILES string of the molecule is NCc1cn(CC(=O)Nc2c(Cl)cccc2Cl)nn1. The standard InChI is InChI=1S/C11H11Cl2N5O/c12-8-2-1-3-9(13)11(8)15-10(19)6-18-5-7(4-14)16-17-18/h1-3,5H,4,6,14H2,(H,15,19). The first kappa shape index (κ1) is 13.8. The Morgan fingerprint density at radius 2 is 2.05 bits per heavy atom. The van der Waals surface area contributed by atoms with Crippen LogP contribution in [0.1, 0.15) is 5.69 Å². The second kappa shape index (κ2) is 6.01. The Morgan fingerprint density at radius 3 is 2.63 bits per heavy atom. The summed E-state index contributed by atoms with van der Waals surface area (Å²) < 4.78 is 1.39. The number of hydrogen-bond donors (Lipinski definition) is 2. The van der Waals surface area contributed by atoms with E-state index in [0.29, 0.717) is 21.4 Å². The maximum absolute atomic E-state index is 11.8. The van der Waals surface area contributed by atoms with Crippen LogP contribution in [0.25, 0.3) is 0 Å². The smallest absolute Gasteiger partial charge is 0.246 e. The molecule has 0 spiro atoms. The van der Waals surface area contributed by atoms with Crippen LogP contribution < -0.4 is 11.1 Å². The van der Waals surface area contributed by atoms with Crippen LogP contribution in [-0.4, -0.2) is 20.9 Å². The summed E-state index contributed by atoms with van der Waals surface area (Å²) in [7, 11) is 0. The maximum Gasteiger partial charge on any atom is 0.246 e. The molecule has 19 heavy (non-hydrogen) atoms. The van der Waals surface area contributed by atoms with Crippen molar-refractivity contribution in [1.29, 1.82) is 0 Å². The van der Waals surface area contributed by atoms with E-state index in [2.05, 4.69) is 15.6 Å². The molecular weight excluding hydrogens is 289 g/mol. The molecule has 8 heteroatoms. The van der Waals surface area contributed by atoms with Gasteiger partial charge in [-0.3, -0.25) is 4.79 Å². The lowest BCUT2D eigenvalue weighted by atomic mass is 10.3. The van der Waals surface area contributed by atoms with Gasteiger partial charge in [-0.15, -0.1) is 5.10 Å². The molecule has 0 atom stereocenters. The lowest BCUT2D eigenvalue weighted by Gasteiger charge is -2.08. The van der Waals surface area contributed by atoms with Gasteiger partial charge in [0.15, 0.2) is 0 Å². The maximum atomic E-state index is 11.8. The molecule has 0 saturated carbocycles. The molecule has 100 valence electrons. The number of halogens is 2. The Kier molecular flexibility index (Phi) is 4.36. The average molecular weight is 300 g/mol. The van der Waals surface area contributed by atoms with Crippen LogP contribution in [-0.2, 0) is 17.9 Å². The molecule has 0 aliphatic rings. The van der Waals surface area contributed by atoms with E-state index in [1.807, 2.05) is 0 Å². The van der Waals surface area contributed by atoms with Gasteiger partial charge in [0.25, 0.3) is 0 Å². The third-order valence-corrected chi connectivity index (χ3v) is 2.96. The van der Waals surface area contributed by atoms with Crippen molar-refractivity contribution in [3.8, 4) is 0 Å². The highest BCUT2D eigenvalue weighted by molar-refractivity contribution is 6.39. The summed E-state index contributed by atoms with van der Waals surface area (Å²) in [6, 6.07) is 4.99. The van der Waals surface area contributed by atoms with Gasteiger partial charge in [-0.25, -0.2) is 4.68 Å². The third kappa shape index (κ3) is 3.44. The number of amides is 1. The molecule has 0 fully saturated rings. The third-order valence-electron chi connectivity index (χ3n) is 2.33. The Labute approximate surface area is 119 Å². The number of carbonyl (C=O) groups excluding carboxylic acids is 1. The van der Waals surface area contributed by atoms with Gasteiger partial charge in [0.2, 0.25) is 5.91 Å². The number of anilines is 1. The first-order valence-corrected chi connectivity index (χ1v) is 6.18. The van der Waals surface area contributed by atoms with E-state index in [1.165, 1.54) is 4.68 Å². The summed E-state index contributed by atoms with van der Waals surface area (Å²) in [5, 5.41) is 10.9. The van der Waals surface area contributed by atoms with Gasteiger partial charge in [-0.2, -0.15) is 0 Å². The lowest BCUT2D eigenvalue weighted by molar-refractivity contribution is -0.116. The molecule has 1 amide bonds. The predicted molar refractivity (Wildman–Crippen MR) is 73.0 cm³/mol. The minimum Gasteiger partial charge on any atom is -0.325 e. The van der Waals surface area contributed by atoms with Gasteiger partial charge in [0, 0.05) is 6.54 Å². The monoisotopic (exact) mass is 299 g/mol. The fraction of sp³-hybridized carbons (Fsp3) is 0.182. The van der Waals surface area contributed by atoms with Crippen LogP contribution in [0.2, 0.25) is 10.0 Å². The zero-order valence-corrected chi connectivity index (χ0v) is 11.3. The molecule has 0 radical (unpaired) electrons. The number of rotatable bonds is 4. The van der Waals surface area contributed by atoms with Crippen molar-refractivity contribution < 1.29 is 4.79 Å². The van der Waals surface area contributed by atoms with Crippen molar-refractivity contribution in [2.24, 2.45) is 5.73 Å². The van der Waals surface area contributed by atoms with Crippen molar-refractivity contribution >= 4 is 34.8 Å². The zero-order valence-electron chi connectivity index (χ0n) is 9.81. The van der Waals surface area contributed by atoms with E-state index < -0.39 is 0 Å². The van der Waals surface area contributed by atoms with E-state index in [1.54, 1.807) is 24.4 Å². The Hall–Kier alpha value is -1.63. The molecule has 1 aromatic carbocycles. The van der Waals surface area contributed by atoms with E-state index in [0.717, 1.165) is 0 Å². The fourth-order valence-corrected chi connectivity index (χ4v) is 1.94. The molecule has 0 aliphatic carbocycles. The molecule has 1 heterocycles. The summed E-state index contributed by atoms with van der Waals surface area (Å²) in [6.45, 7) is 0.284. The number of aromatic nitrogens is 3. The number of nitrogens with two attached hydrogens (primary N) is 1. The molecule has 6 nitrogen and oxygen atoms in total. The van der Waals surface area contributed by atoms with Crippen molar-refractivity contribution in [2.45, 2.75) is 13.1 Å². The van der Waals surface area contributed by atoms with E-state index in [4.69, 9.17) is 28.9 Å². The molecule has 1 aromatic heterocycles. The molecule has 0 bridgehead atoms. The van der Waals surface area contributed by atoms with Gasteiger partial charge in [-0.1, -0.05) is 34.5 Å². The molecule has 0 unspecified atom stereocenters. The van der Waals surface area contributed by atoms with Crippen molar-refractivity contribution in [3.05, 3.63) is 40.1 Å². The summed E-state index contributed by atoms with van der Waals surface area (Å²) in [5.41, 5.74) is 6.40. The molecule has 2 aromatic rings. The Bertz CT molecular complexity index is 578. The summed E-state index contributed by atoms with van der Waals surface area (Å²) in [4.78, 5) is 11.8. The summed E-state index contributed by atoms with van der Waals surface area (Å²) in [5.74, 6) is -0.302. The van der Waals surface area contributed by atoms with Crippen LogP contribution in [0, 0.1) is 0 Å². The number of nitrogens with zero attached hydrogens (tertiary/aromatic N) is 3. The average Bonchev–Trinajstić information content (AvgIpc) is 2.81. The second-order valence-electron chi connectivity index (χ2n) is 3.76. The predicted octanol–water partition coefficient (Wildman–Crippen LogP) is 1.68. The number of hydrogen-bond acceptors (Lipinski definition) is 4. The van der Waals surface area contributed by atoms with Crippen molar-refractivity contribution in [3.63, 3.8) is 0 Å². The molecule has 3 N–H and O–H groups in total. The van der Waals surface area contributed by atoms with Crippen molar-refractivity contribution in [1.82, 2.24) is 15.0 Å². The number of para-hydroxylation sites is 1. The van der Waals surface area contributed by atoms with E-state index in [-0.39, 0.29) is 19.0 Å². The van der Waals surface area contributed by atoms with Gasteiger partial charge < -0.3 is 11.1 Å². The Morgan fingerprint density at radius 1 is 1.37 bits per heavy atom. The molecule has 0 aliphatic heterocycles. The van der Waals surface area contributed by atoms with Gasteiger partial charge in [-0.05, 0) is 12.1 Å². The minimum absolute atomic E-state index is 0.00848. The number of carbonyl (C=O) groups is 1. The molecule has 0 saturated heterocycles.